The van der Waals surface area contributed by atoms with Crippen LogP contribution >= 0.6 is 11.3 Å². The highest BCUT2D eigenvalue weighted by Crippen LogP contribution is 2.22. The van der Waals surface area contributed by atoms with Gasteiger partial charge in [0.15, 0.2) is 0 Å². The van der Waals surface area contributed by atoms with Crippen molar-refractivity contribution in [3.63, 3.8) is 0 Å². The number of nitrogens with one attached hydrogen (secondary N) is 1. The van der Waals surface area contributed by atoms with E-state index in [0.717, 1.165) is 25.1 Å². The van der Waals surface area contributed by atoms with Crippen LogP contribution in [0.4, 0.5) is 4.39 Å². The Bertz CT molecular complexity index is 672. The minimum Gasteiger partial charge on any atom is -0.379 e. The predicted octanol–water partition coefficient (Wildman–Crippen LogP) is 3.01. The molecule has 134 valence electrons. The average molecular weight is 362 g/mol. The highest BCUT2D eigenvalue weighted by Gasteiger charge is 2.23. The van der Waals surface area contributed by atoms with Gasteiger partial charge in [0.1, 0.15) is 5.82 Å². The monoisotopic (exact) mass is 362 g/mol. The number of ether oxygens (including phenoxy) is 1. The van der Waals surface area contributed by atoms with Crippen molar-refractivity contribution in [1.29, 1.82) is 0 Å². The molecule has 1 aliphatic rings. The molecule has 0 aliphatic carbocycles. The Labute approximate surface area is 151 Å². The third kappa shape index (κ3) is 5.36. The Hall–Kier alpha value is -1.76. The average Bonchev–Trinajstić information content (AvgIpc) is 3.15. The molecule has 1 unspecified atom stereocenters. The second-order valence-electron chi connectivity index (χ2n) is 6.10. The molecule has 2 heterocycles. The summed E-state index contributed by atoms with van der Waals surface area (Å²) in [6.07, 6.45) is 1.23. The van der Waals surface area contributed by atoms with Crippen LogP contribution in [0, 0.1) is 5.82 Å². The molecule has 1 amide bonds. The van der Waals surface area contributed by atoms with E-state index in [1.165, 1.54) is 10.9 Å². The van der Waals surface area contributed by atoms with Crippen LogP contribution in [0.2, 0.25) is 0 Å². The Morgan fingerprint density at radius 3 is 2.84 bits per heavy atom. The number of aryl methyl sites for hydroxylation is 1. The first-order chi connectivity index (χ1) is 12.2. The maximum absolute atomic E-state index is 13.6. The van der Waals surface area contributed by atoms with E-state index in [-0.39, 0.29) is 17.8 Å². The van der Waals surface area contributed by atoms with Crippen molar-refractivity contribution in [2.75, 3.05) is 32.8 Å². The molecule has 1 fully saturated rings. The van der Waals surface area contributed by atoms with Crippen molar-refractivity contribution in [2.24, 2.45) is 0 Å². The molecular formula is C19H23FN2O2S. The first kappa shape index (κ1) is 18.0. The molecule has 0 radical (unpaired) electrons. The molecule has 1 aromatic heterocycles. The zero-order valence-corrected chi connectivity index (χ0v) is 14.9. The van der Waals surface area contributed by atoms with Gasteiger partial charge in [-0.05, 0) is 35.6 Å². The van der Waals surface area contributed by atoms with Gasteiger partial charge in [0.25, 0.3) is 0 Å². The molecule has 4 nitrogen and oxygen atoms in total. The van der Waals surface area contributed by atoms with E-state index >= 15 is 0 Å². The molecule has 1 aliphatic heterocycles. The number of nitrogens with zero attached hydrogens (tertiary/aromatic N) is 1. The van der Waals surface area contributed by atoms with Crippen LogP contribution in [0.25, 0.3) is 0 Å². The fourth-order valence-electron chi connectivity index (χ4n) is 3.05. The Morgan fingerprint density at radius 2 is 2.12 bits per heavy atom. The first-order valence-electron chi connectivity index (χ1n) is 8.59. The van der Waals surface area contributed by atoms with E-state index in [4.69, 9.17) is 4.74 Å². The van der Waals surface area contributed by atoms with Gasteiger partial charge in [-0.1, -0.05) is 18.2 Å². The molecule has 25 heavy (non-hydrogen) atoms. The van der Waals surface area contributed by atoms with Gasteiger partial charge in [-0.15, -0.1) is 11.3 Å². The lowest BCUT2D eigenvalue weighted by Crippen LogP contribution is -2.43. The van der Waals surface area contributed by atoms with Gasteiger partial charge in [0, 0.05) is 30.9 Å². The summed E-state index contributed by atoms with van der Waals surface area (Å²) in [5, 5.41) is 5.04. The molecule has 0 spiro atoms. The predicted molar refractivity (Wildman–Crippen MR) is 97.2 cm³/mol. The fourth-order valence-corrected chi connectivity index (χ4v) is 3.76. The molecule has 0 bridgehead atoms. The van der Waals surface area contributed by atoms with Gasteiger partial charge in [-0.3, -0.25) is 9.69 Å². The molecule has 1 saturated heterocycles. The number of morpholine rings is 1. The van der Waals surface area contributed by atoms with Crippen molar-refractivity contribution < 1.29 is 13.9 Å². The molecule has 3 rings (SSSR count). The molecule has 0 saturated carbocycles. The van der Waals surface area contributed by atoms with Crippen molar-refractivity contribution in [1.82, 2.24) is 10.2 Å². The van der Waals surface area contributed by atoms with Crippen molar-refractivity contribution >= 4 is 17.2 Å². The fraction of sp³-hybridized carbons (Fsp3) is 0.421. The van der Waals surface area contributed by atoms with E-state index in [1.807, 2.05) is 23.6 Å². The van der Waals surface area contributed by atoms with E-state index < -0.39 is 0 Å². The van der Waals surface area contributed by atoms with Crippen molar-refractivity contribution in [3.05, 3.63) is 58.0 Å². The number of hydrogen-bond acceptors (Lipinski definition) is 4. The minimum absolute atomic E-state index is 0.0306. The molecule has 1 aromatic carbocycles. The summed E-state index contributed by atoms with van der Waals surface area (Å²) in [5.41, 5.74) is 0.889. The molecular weight excluding hydrogens is 339 g/mol. The normalized spacial score (nSPS) is 16.5. The summed E-state index contributed by atoms with van der Waals surface area (Å²) in [6.45, 7) is 3.38. The number of carbonyl (C=O) groups excluding carboxylic acids is 1. The number of hydrogen-bond donors (Lipinski definition) is 1. The maximum atomic E-state index is 13.6. The lowest BCUT2D eigenvalue weighted by Gasteiger charge is -2.35. The third-order valence-corrected chi connectivity index (χ3v) is 5.33. The Morgan fingerprint density at radius 1 is 1.28 bits per heavy atom. The SMILES string of the molecule is O=C(CCc1cccs1)NCC(c1cccc(F)c1)N1CCOCC1. The van der Waals surface area contributed by atoms with Gasteiger partial charge in [-0.25, -0.2) is 4.39 Å². The summed E-state index contributed by atoms with van der Waals surface area (Å²) < 4.78 is 19.1. The Kier molecular flexibility index (Phi) is 6.55. The van der Waals surface area contributed by atoms with E-state index in [2.05, 4.69) is 10.2 Å². The van der Waals surface area contributed by atoms with Crippen molar-refractivity contribution in [3.8, 4) is 0 Å². The highest BCUT2D eigenvalue weighted by atomic mass is 32.1. The Balaban J connectivity index is 1.60. The van der Waals surface area contributed by atoms with Crippen LogP contribution < -0.4 is 5.32 Å². The van der Waals surface area contributed by atoms with Crippen LogP contribution in [0.3, 0.4) is 0 Å². The third-order valence-electron chi connectivity index (χ3n) is 4.39. The van der Waals surface area contributed by atoms with E-state index in [9.17, 15) is 9.18 Å². The minimum atomic E-state index is -0.250. The number of halogens is 1. The highest BCUT2D eigenvalue weighted by molar-refractivity contribution is 7.09. The van der Waals surface area contributed by atoms with Crippen LogP contribution in [0.15, 0.2) is 41.8 Å². The summed E-state index contributed by atoms with van der Waals surface area (Å²) in [4.78, 5) is 15.7. The van der Waals surface area contributed by atoms with Crippen molar-refractivity contribution in [2.45, 2.75) is 18.9 Å². The smallest absolute Gasteiger partial charge is 0.220 e. The van der Waals surface area contributed by atoms with E-state index in [0.29, 0.717) is 26.2 Å². The number of rotatable bonds is 7. The topological polar surface area (TPSA) is 41.6 Å². The lowest BCUT2D eigenvalue weighted by atomic mass is 10.0. The summed E-state index contributed by atoms with van der Waals surface area (Å²) >= 11 is 1.67. The molecule has 6 heteroatoms. The second kappa shape index (κ2) is 9.08. The molecule has 1 atom stereocenters. The number of carbonyl (C=O) groups is 1. The van der Waals surface area contributed by atoms with Crippen LogP contribution in [0.5, 0.6) is 0 Å². The quantitative estimate of drug-likeness (QED) is 0.823. The second-order valence-corrected chi connectivity index (χ2v) is 7.13. The standard InChI is InChI=1S/C19H23FN2O2S/c20-16-4-1-3-15(13-16)18(22-8-10-24-11-9-22)14-21-19(23)7-6-17-5-2-12-25-17/h1-5,12-13,18H,6-11,14H2,(H,21,23). The zero-order chi connectivity index (χ0) is 17.5. The number of benzene rings is 1. The van der Waals surface area contributed by atoms with Crippen LogP contribution in [0.1, 0.15) is 22.9 Å². The number of thiophene rings is 1. The van der Waals surface area contributed by atoms with Gasteiger partial charge in [0.05, 0.1) is 19.3 Å². The van der Waals surface area contributed by atoms with Gasteiger partial charge in [-0.2, -0.15) is 0 Å². The molecule has 2 aromatic rings. The van der Waals surface area contributed by atoms with Gasteiger partial charge in [0.2, 0.25) is 5.91 Å². The van der Waals surface area contributed by atoms with Gasteiger partial charge >= 0.3 is 0 Å². The maximum Gasteiger partial charge on any atom is 0.220 e. The van der Waals surface area contributed by atoms with Crippen LogP contribution in [-0.4, -0.2) is 43.7 Å². The summed E-state index contributed by atoms with van der Waals surface area (Å²) in [6, 6.07) is 10.6. The van der Waals surface area contributed by atoms with Gasteiger partial charge < -0.3 is 10.1 Å². The summed E-state index contributed by atoms with van der Waals surface area (Å²) in [7, 11) is 0. The van der Waals surface area contributed by atoms with Crippen LogP contribution in [-0.2, 0) is 16.0 Å². The first-order valence-corrected chi connectivity index (χ1v) is 9.46. The largest absolute Gasteiger partial charge is 0.379 e. The lowest BCUT2D eigenvalue weighted by molar-refractivity contribution is -0.121. The molecule has 1 N–H and O–H groups in total. The van der Waals surface area contributed by atoms with E-state index in [1.54, 1.807) is 23.5 Å². The number of amides is 1. The zero-order valence-electron chi connectivity index (χ0n) is 14.1. The summed E-state index contributed by atoms with van der Waals surface area (Å²) in [5.74, 6) is -0.220.